The maximum absolute atomic E-state index is 12.9. The number of sulfonamides is 1. The van der Waals surface area contributed by atoms with Gasteiger partial charge in [0, 0.05) is 36.8 Å². The van der Waals surface area contributed by atoms with Crippen molar-refractivity contribution in [2.24, 2.45) is 0 Å². The van der Waals surface area contributed by atoms with Gasteiger partial charge in [-0.1, -0.05) is 6.07 Å². The smallest absolute Gasteiger partial charge is 0.273 e. The molecule has 2 atom stereocenters. The number of fused-ring (bicyclic) bond motifs is 2. The number of halogens is 1. The van der Waals surface area contributed by atoms with E-state index >= 15 is 0 Å². The quantitative estimate of drug-likeness (QED) is 0.655. The zero-order chi connectivity index (χ0) is 15.9. The highest BCUT2D eigenvalue weighted by Crippen LogP contribution is 2.29. The van der Waals surface area contributed by atoms with Gasteiger partial charge in [0.2, 0.25) is 10.0 Å². The first kappa shape index (κ1) is 18.1. The summed E-state index contributed by atoms with van der Waals surface area (Å²) in [6.07, 6.45) is 2.85. The van der Waals surface area contributed by atoms with Crippen molar-refractivity contribution < 1.29 is 13.3 Å². The lowest BCUT2D eigenvalue weighted by atomic mass is 10.1. The Bertz CT molecular complexity index is 710. The second-order valence-corrected chi connectivity index (χ2v) is 7.85. The van der Waals surface area contributed by atoms with E-state index < -0.39 is 14.9 Å². The van der Waals surface area contributed by atoms with Crippen LogP contribution in [0.3, 0.4) is 0 Å². The third-order valence-corrected chi connectivity index (χ3v) is 6.57. The summed E-state index contributed by atoms with van der Waals surface area (Å²) >= 11 is 0. The zero-order valence-electron chi connectivity index (χ0n) is 12.8. The lowest BCUT2D eigenvalue weighted by Gasteiger charge is -2.24. The van der Waals surface area contributed by atoms with Crippen LogP contribution in [0.4, 0.5) is 5.69 Å². The van der Waals surface area contributed by atoms with E-state index in [1.807, 2.05) is 0 Å². The lowest BCUT2D eigenvalue weighted by molar-refractivity contribution is -0.385. The van der Waals surface area contributed by atoms with E-state index in [2.05, 4.69) is 5.32 Å². The molecule has 2 saturated heterocycles. The van der Waals surface area contributed by atoms with Crippen LogP contribution in [0.15, 0.2) is 23.1 Å². The van der Waals surface area contributed by atoms with Gasteiger partial charge in [-0.2, -0.15) is 4.31 Å². The van der Waals surface area contributed by atoms with E-state index in [0.717, 1.165) is 19.3 Å². The van der Waals surface area contributed by atoms with Crippen LogP contribution >= 0.6 is 12.4 Å². The predicted octanol–water partition coefficient (Wildman–Crippen LogP) is 1.84. The lowest BCUT2D eigenvalue weighted by Crippen LogP contribution is -2.39. The van der Waals surface area contributed by atoms with Gasteiger partial charge in [0.1, 0.15) is 0 Å². The SMILES string of the molecule is Cc1c([N+](=O)[O-])cccc1S(=O)(=O)N1CCC2CCC(C1)N2.Cl. The van der Waals surface area contributed by atoms with E-state index in [9.17, 15) is 18.5 Å². The van der Waals surface area contributed by atoms with Gasteiger partial charge in [-0.15, -0.1) is 12.4 Å². The molecule has 2 fully saturated rings. The minimum absolute atomic E-state index is 0. The molecule has 9 heteroatoms. The number of nitrogens with one attached hydrogen (secondary N) is 1. The largest absolute Gasteiger partial charge is 0.310 e. The van der Waals surface area contributed by atoms with E-state index in [4.69, 9.17) is 0 Å². The molecule has 0 amide bonds. The number of nitro groups is 1. The Labute approximate surface area is 141 Å². The zero-order valence-corrected chi connectivity index (χ0v) is 14.4. The molecule has 2 aliphatic heterocycles. The van der Waals surface area contributed by atoms with Gasteiger partial charge < -0.3 is 5.32 Å². The average Bonchev–Trinajstić information content (AvgIpc) is 2.77. The molecular weight excluding hydrogens is 342 g/mol. The molecule has 0 spiro atoms. The van der Waals surface area contributed by atoms with Gasteiger partial charge in [0.05, 0.1) is 9.82 Å². The van der Waals surface area contributed by atoms with E-state index in [-0.39, 0.29) is 34.6 Å². The van der Waals surface area contributed by atoms with Gasteiger partial charge in [0.25, 0.3) is 5.69 Å². The van der Waals surface area contributed by atoms with Gasteiger partial charge >= 0.3 is 0 Å². The highest BCUT2D eigenvalue weighted by Gasteiger charge is 2.36. The molecule has 2 bridgehead atoms. The third-order valence-electron chi connectivity index (χ3n) is 4.56. The Morgan fingerprint density at radius 2 is 1.96 bits per heavy atom. The normalized spacial score (nSPS) is 24.7. The first-order valence-corrected chi connectivity index (χ1v) is 8.84. The molecule has 2 heterocycles. The second kappa shape index (κ2) is 6.72. The van der Waals surface area contributed by atoms with E-state index in [1.54, 1.807) is 0 Å². The Balaban J connectivity index is 0.00000192. The Morgan fingerprint density at radius 1 is 1.26 bits per heavy atom. The highest BCUT2D eigenvalue weighted by atomic mass is 35.5. The summed E-state index contributed by atoms with van der Waals surface area (Å²) in [7, 11) is -3.71. The van der Waals surface area contributed by atoms with Crippen molar-refractivity contribution >= 4 is 28.1 Å². The van der Waals surface area contributed by atoms with Crippen molar-refractivity contribution in [1.29, 1.82) is 0 Å². The standard InChI is InChI=1S/C14H19N3O4S.ClH/c1-10-13(17(18)19)3-2-4-14(10)22(20,21)16-8-7-11-5-6-12(9-16)15-11;/h2-4,11-12,15H,5-9H2,1H3;1H. The van der Waals surface area contributed by atoms with Crippen LogP contribution in [-0.4, -0.2) is 42.8 Å². The maximum Gasteiger partial charge on any atom is 0.273 e. The third kappa shape index (κ3) is 3.35. The van der Waals surface area contributed by atoms with E-state index in [0.29, 0.717) is 19.1 Å². The fourth-order valence-corrected chi connectivity index (χ4v) is 5.09. The molecule has 1 N–H and O–H groups in total. The highest BCUT2D eigenvalue weighted by molar-refractivity contribution is 7.89. The first-order valence-electron chi connectivity index (χ1n) is 7.40. The summed E-state index contributed by atoms with van der Waals surface area (Å²) in [6, 6.07) is 4.78. The number of nitro benzene ring substituents is 1. The van der Waals surface area contributed by atoms with Gasteiger partial charge in [-0.25, -0.2) is 8.42 Å². The molecular formula is C14H20ClN3O4S. The Morgan fingerprint density at radius 3 is 2.65 bits per heavy atom. The minimum Gasteiger partial charge on any atom is -0.310 e. The molecule has 3 rings (SSSR count). The first-order chi connectivity index (χ1) is 10.4. The van der Waals surface area contributed by atoms with Crippen LogP contribution in [0.1, 0.15) is 24.8 Å². The van der Waals surface area contributed by atoms with Gasteiger partial charge in [-0.05, 0) is 32.3 Å². The summed E-state index contributed by atoms with van der Waals surface area (Å²) in [5, 5.41) is 14.5. The topological polar surface area (TPSA) is 92.5 Å². The number of nitrogens with zero attached hydrogens (tertiary/aromatic N) is 2. The van der Waals surface area contributed by atoms with Crippen molar-refractivity contribution in [3.63, 3.8) is 0 Å². The van der Waals surface area contributed by atoms with Crippen LogP contribution in [0.25, 0.3) is 0 Å². The monoisotopic (exact) mass is 361 g/mol. The summed E-state index contributed by atoms with van der Waals surface area (Å²) in [4.78, 5) is 10.5. The fourth-order valence-electron chi connectivity index (χ4n) is 3.35. The van der Waals surface area contributed by atoms with Crippen molar-refractivity contribution in [3.8, 4) is 0 Å². The molecule has 23 heavy (non-hydrogen) atoms. The van der Waals surface area contributed by atoms with Gasteiger partial charge in [0.15, 0.2) is 0 Å². The second-order valence-electron chi connectivity index (χ2n) is 5.95. The van der Waals surface area contributed by atoms with Crippen LogP contribution in [0, 0.1) is 17.0 Å². The number of benzene rings is 1. The molecule has 2 unspecified atom stereocenters. The van der Waals surface area contributed by atoms with Crippen LogP contribution in [-0.2, 0) is 10.0 Å². The van der Waals surface area contributed by atoms with Gasteiger partial charge in [-0.3, -0.25) is 10.1 Å². The molecule has 1 aromatic rings. The van der Waals surface area contributed by atoms with Crippen molar-refractivity contribution in [2.45, 2.75) is 43.2 Å². The Kier molecular flexibility index (Phi) is 5.30. The summed E-state index contributed by atoms with van der Waals surface area (Å²) in [5.41, 5.74) is 0.0467. The maximum atomic E-state index is 12.9. The number of rotatable bonds is 3. The van der Waals surface area contributed by atoms with Crippen LogP contribution in [0.2, 0.25) is 0 Å². The van der Waals surface area contributed by atoms with E-state index in [1.165, 1.54) is 29.4 Å². The number of hydrogen-bond donors (Lipinski definition) is 1. The van der Waals surface area contributed by atoms with Crippen molar-refractivity contribution in [1.82, 2.24) is 9.62 Å². The molecule has 7 nitrogen and oxygen atoms in total. The average molecular weight is 362 g/mol. The molecule has 0 radical (unpaired) electrons. The molecule has 2 aliphatic rings. The van der Waals surface area contributed by atoms with Crippen LogP contribution < -0.4 is 5.32 Å². The minimum atomic E-state index is -3.71. The summed E-state index contributed by atoms with van der Waals surface area (Å²) in [6.45, 7) is 2.38. The molecule has 0 aromatic heterocycles. The number of hydrogen-bond acceptors (Lipinski definition) is 5. The molecule has 128 valence electrons. The van der Waals surface area contributed by atoms with Crippen molar-refractivity contribution in [3.05, 3.63) is 33.9 Å². The molecule has 0 saturated carbocycles. The van der Waals surface area contributed by atoms with Crippen LogP contribution in [0.5, 0.6) is 0 Å². The van der Waals surface area contributed by atoms with Crippen molar-refractivity contribution in [2.75, 3.05) is 13.1 Å². The molecule has 1 aromatic carbocycles. The summed E-state index contributed by atoms with van der Waals surface area (Å²) in [5.74, 6) is 0. The molecule has 0 aliphatic carbocycles. The Hall–Kier alpha value is -1.22. The summed E-state index contributed by atoms with van der Waals surface area (Å²) < 4.78 is 27.2. The predicted molar refractivity (Wildman–Crippen MR) is 88.4 cm³/mol. The fraction of sp³-hybridized carbons (Fsp3) is 0.571.